The molecule has 2 aromatic heterocycles. The van der Waals surface area contributed by atoms with Crippen molar-refractivity contribution in [1.29, 1.82) is 0 Å². The summed E-state index contributed by atoms with van der Waals surface area (Å²) < 4.78 is 5.74. The molecule has 8 nitrogen and oxygen atoms in total. The summed E-state index contributed by atoms with van der Waals surface area (Å²) >= 11 is 4.24. The second kappa shape index (κ2) is 11.8. The average Bonchev–Trinajstić information content (AvgIpc) is 3.17. The Morgan fingerprint density at radius 2 is 2.03 bits per heavy atom. The third-order valence-electron chi connectivity index (χ3n) is 4.48. The first kappa shape index (κ1) is 25.6. The number of halogens is 2. The van der Waals surface area contributed by atoms with Gasteiger partial charge in [0, 0.05) is 32.2 Å². The number of aryl methyl sites for hydroxylation is 1. The number of hydrogen-bond donors (Lipinski definition) is 0. The molecule has 2 heterocycles. The number of carbonyl (C=O) groups is 1. The van der Waals surface area contributed by atoms with Crippen LogP contribution in [-0.4, -0.2) is 49.4 Å². The molecule has 0 aliphatic heterocycles. The minimum Gasteiger partial charge on any atom is -0.344 e. The molecule has 0 aliphatic carbocycles. The molecule has 0 aromatic carbocycles. The van der Waals surface area contributed by atoms with E-state index in [9.17, 15) is 9.59 Å². The smallest absolute Gasteiger partial charge is 0.291 e. The van der Waals surface area contributed by atoms with Gasteiger partial charge in [0.05, 0.1) is 33.1 Å². The van der Waals surface area contributed by atoms with Crippen LogP contribution in [0, 0.1) is 0 Å². The molecule has 0 bridgehead atoms. The number of rotatable bonds is 10. The lowest BCUT2D eigenvalue weighted by Gasteiger charge is -2.19. The van der Waals surface area contributed by atoms with Gasteiger partial charge in [-0.25, -0.2) is 4.68 Å². The highest BCUT2D eigenvalue weighted by molar-refractivity contribution is 14.1. The first-order valence-corrected chi connectivity index (χ1v) is 12.0. The molecule has 0 saturated carbocycles. The van der Waals surface area contributed by atoms with E-state index in [0.29, 0.717) is 11.5 Å². The Morgan fingerprint density at radius 3 is 2.65 bits per heavy atom. The van der Waals surface area contributed by atoms with Crippen LogP contribution in [0.4, 0.5) is 5.95 Å². The van der Waals surface area contributed by atoms with Gasteiger partial charge in [-0.05, 0) is 67.5 Å². The summed E-state index contributed by atoms with van der Waals surface area (Å²) in [6, 6.07) is 1.88. The molecule has 2 rings (SSSR count). The first-order chi connectivity index (χ1) is 14.7. The summed E-state index contributed by atoms with van der Waals surface area (Å²) in [4.78, 5) is 31.8. The zero-order valence-corrected chi connectivity index (χ0v) is 22.8. The fourth-order valence-corrected chi connectivity index (χ4v) is 3.58. The molecule has 31 heavy (non-hydrogen) atoms. The molecule has 0 N–H and O–H groups in total. The van der Waals surface area contributed by atoms with E-state index >= 15 is 0 Å². The maximum Gasteiger partial charge on any atom is 0.291 e. The third-order valence-corrected chi connectivity index (χ3v) is 7.21. The highest BCUT2D eigenvalue weighted by atomic mass is 127. The Hall–Kier alpha value is -1.70. The van der Waals surface area contributed by atoms with Gasteiger partial charge >= 0.3 is 0 Å². The van der Waals surface area contributed by atoms with Gasteiger partial charge in [-0.3, -0.25) is 19.0 Å². The zero-order valence-electron chi connectivity index (χ0n) is 18.5. The SMILES string of the molecule is CCc1cc2c(=O)n(CC(=O)CN(I)/C(I)=C/C=N\C=C(C)C)nc(N(C)CC)n2c1. The standard InChI is InChI=1S/C21H28I2N6O2/c1-6-16-10-18-20(31)29(25-21(26(5)7-2)27(18)12-16)14-17(30)13-28(23)19(22)8-9-24-11-15(3)4/h8-12H,6-7,13-14H2,1-5H3/b19-8+,24-9-. The van der Waals surface area contributed by atoms with Gasteiger partial charge in [-0.2, -0.15) is 0 Å². The normalized spacial score (nSPS) is 11.9. The van der Waals surface area contributed by atoms with Crippen molar-refractivity contribution in [3.63, 3.8) is 0 Å². The number of aromatic nitrogens is 3. The maximum atomic E-state index is 13.0. The molecule has 0 aliphatic rings. The lowest BCUT2D eigenvalue weighted by molar-refractivity contribution is -0.119. The largest absolute Gasteiger partial charge is 0.344 e. The lowest BCUT2D eigenvalue weighted by Crippen LogP contribution is -2.34. The second-order valence-corrected chi connectivity index (χ2v) is 9.56. The summed E-state index contributed by atoms with van der Waals surface area (Å²) in [5.41, 5.74) is 2.44. The molecule has 2 aromatic rings. The number of hydrogen-bond acceptors (Lipinski definition) is 6. The molecule has 0 atom stereocenters. The van der Waals surface area contributed by atoms with E-state index in [1.54, 1.807) is 15.5 Å². The van der Waals surface area contributed by atoms with Crippen molar-refractivity contribution >= 4 is 68.9 Å². The van der Waals surface area contributed by atoms with E-state index in [2.05, 4.69) is 55.5 Å². The molecule has 0 amide bonds. The van der Waals surface area contributed by atoms with Crippen molar-refractivity contribution in [2.45, 2.75) is 40.7 Å². The Morgan fingerprint density at radius 1 is 1.32 bits per heavy atom. The molecule has 10 heteroatoms. The van der Waals surface area contributed by atoms with Gasteiger partial charge in [0.25, 0.3) is 5.56 Å². The first-order valence-electron chi connectivity index (χ1n) is 9.98. The summed E-state index contributed by atoms with van der Waals surface area (Å²) in [5, 5.41) is 4.50. The number of allylic oxidation sites excluding steroid dienone is 2. The van der Waals surface area contributed by atoms with Crippen LogP contribution in [0.5, 0.6) is 0 Å². The molecule has 0 saturated heterocycles. The number of carbonyl (C=O) groups excluding carboxylic acids is 1. The average molecular weight is 650 g/mol. The highest BCUT2D eigenvalue weighted by Gasteiger charge is 2.17. The van der Waals surface area contributed by atoms with Crippen LogP contribution < -0.4 is 10.5 Å². The minimum atomic E-state index is -0.264. The van der Waals surface area contributed by atoms with Crippen molar-refractivity contribution < 1.29 is 4.79 Å². The summed E-state index contributed by atoms with van der Waals surface area (Å²) in [5.74, 6) is 0.533. The summed E-state index contributed by atoms with van der Waals surface area (Å²) in [7, 11) is 1.92. The Labute approximate surface area is 210 Å². The monoisotopic (exact) mass is 650 g/mol. The Bertz CT molecular complexity index is 1080. The van der Waals surface area contributed by atoms with Gasteiger partial charge in [0.1, 0.15) is 12.1 Å². The number of fused-ring (bicyclic) bond motifs is 1. The molecule has 0 radical (unpaired) electrons. The molecule has 168 valence electrons. The van der Waals surface area contributed by atoms with E-state index in [0.717, 1.165) is 27.8 Å². The van der Waals surface area contributed by atoms with Crippen LogP contribution >= 0.6 is 45.5 Å². The minimum absolute atomic E-state index is 0.0815. The van der Waals surface area contributed by atoms with Crippen LogP contribution in [-0.2, 0) is 17.8 Å². The zero-order chi connectivity index (χ0) is 23.1. The molecule has 0 unspecified atom stereocenters. The molecular formula is C21H28I2N6O2. The van der Waals surface area contributed by atoms with Crippen molar-refractivity contribution in [1.82, 2.24) is 17.3 Å². The molecule has 0 spiro atoms. The predicted octanol–water partition coefficient (Wildman–Crippen LogP) is 4.01. The van der Waals surface area contributed by atoms with E-state index in [4.69, 9.17) is 0 Å². The van der Waals surface area contributed by atoms with Gasteiger partial charge in [0.2, 0.25) is 5.95 Å². The van der Waals surface area contributed by atoms with Crippen LogP contribution in [0.2, 0.25) is 0 Å². The maximum absolute atomic E-state index is 13.0. The van der Waals surface area contributed by atoms with Gasteiger partial charge in [0.15, 0.2) is 5.78 Å². The van der Waals surface area contributed by atoms with Crippen LogP contribution in [0.1, 0.15) is 33.3 Å². The fraction of sp³-hybridized carbons (Fsp3) is 0.429. The molecular weight excluding hydrogens is 622 g/mol. The van der Waals surface area contributed by atoms with E-state index in [1.165, 1.54) is 4.68 Å². The van der Waals surface area contributed by atoms with Crippen molar-refractivity contribution in [2.75, 3.05) is 25.0 Å². The highest BCUT2D eigenvalue weighted by Crippen LogP contribution is 2.18. The van der Waals surface area contributed by atoms with Crippen molar-refractivity contribution in [3.05, 3.63) is 49.7 Å². The lowest BCUT2D eigenvalue weighted by atomic mass is 10.3. The number of anilines is 1. The number of aliphatic imine (C=N–C) groups is 1. The fourth-order valence-electron chi connectivity index (χ4n) is 2.71. The Balaban J connectivity index is 2.24. The predicted molar refractivity (Wildman–Crippen MR) is 144 cm³/mol. The third kappa shape index (κ3) is 6.89. The Kier molecular flexibility index (Phi) is 9.72. The number of Topliss-reactive ketones (excluding diaryl/α,β-unsaturated/α-hetero) is 1. The van der Waals surface area contributed by atoms with E-state index in [-0.39, 0.29) is 24.4 Å². The summed E-state index contributed by atoms with van der Waals surface area (Å²) in [6.45, 7) is 8.82. The number of ketones is 1. The van der Waals surface area contributed by atoms with Crippen molar-refractivity contribution in [3.8, 4) is 0 Å². The topological polar surface area (TPSA) is 75.2 Å². The van der Waals surface area contributed by atoms with Crippen LogP contribution in [0.15, 0.2) is 43.6 Å². The quantitative estimate of drug-likeness (QED) is 0.168. The number of nitrogens with zero attached hydrogens (tertiary/aromatic N) is 6. The van der Waals surface area contributed by atoms with Crippen molar-refractivity contribution in [2.24, 2.45) is 4.99 Å². The van der Waals surface area contributed by atoms with Crippen LogP contribution in [0.3, 0.4) is 0 Å². The summed E-state index contributed by atoms with van der Waals surface area (Å²) in [6.07, 6.45) is 8.05. The van der Waals surface area contributed by atoms with Gasteiger partial charge < -0.3 is 8.01 Å². The van der Waals surface area contributed by atoms with Crippen LogP contribution in [0.25, 0.3) is 5.52 Å². The van der Waals surface area contributed by atoms with Gasteiger partial charge in [-0.1, -0.05) is 12.5 Å². The van der Waals surface area contributed by atoms with Gasteiger partial charge in [-0.15, -0.1) is 5.10 Å². The molecule has 0 fully saturated rings. The van der Waals surface area contributed by atoms with E-state index in [1.807, 2.05) is 62.4 Å². The van der Waals surface area contributed by atoms with E-state index < -0.39 is 0 Å². The second-order valence-electron chi connectivity index (χ2n) is 7.29.